The van der Waals surface area contributed by atoms with E-state index in [0.717, 1.165) is 31.3 Å². The molecule has 0 heterocycles. The van der Waals surface area contributed by atoms with Gasteiger partial charge in [0.05, 0.1) is 38.4 Å². The van der Waals surface area contributed by atoms with Crippen molar-refractivity contribution in [2.24, 2.45) is 0 Å². The Morgan fingerprint density at radius 1 is 0.897 bits per heavy atom. The first-order chi connectivity index (χ1) is 13.8. The predicted molar refractivity (Wildman–Crippen MR) is 111 cm³/mol. The van der Waals surface area contributed by atoms with E-state index in [1.165, 1.54) is 11.1 Å². The van der Waals surface area contributed by atoms with Crippen molar-refractivity contribution in [2.75, 3.05) is 14.2 Å². The summed E-state index contributed by atoms with van der Waals surface area (Å²) in [5.41, 5.74) is 2.53. The number of hydrogen-bond acceptors (Lipinski definition) is 5. The van der Waals surface area contributed by atoms with E-state index in [2.05, 4.69) is 43.4 Å². The average Bonchev–Trinajstić information content (AvgIpc) is 2.69. The van der Waals surface area contributed by atoms with Crippen LogP contribution in [0.4, 0.5) is 0 Å². The third-order valence-corrected chi connectivity index (χ3v) is 4.47. The van der Waals surface area contributed by atoms with E-state index in [4.69, 9.17) is 14.6 Å². The maximum Gasteiger partial charge on any atom is 0.122 e. The number of hydrogen-bond donors (Lipinski definition) is 2. The van der Waals surface area contributed by atoms with Gasteiger partial charge in [0.1, 0.15) is 11.5 Å². The zero-order valence-corrected chi connectivity index (χ0v) is 17.9. The van der Waals surface area contributed by atoms with E-state index in [1.807, 2.05) is 24.3 Å². The SMILES string of the molecule is CC(O)C(=O)[O-].COc1ccccc1CC(C)[NH2+]C(C)Cc1ccccc1OC. The molecule has 0 aliphatic rings. The number of carbonyl (C=O) groups is 1. The number of nitrogens with two attached hydrogens (primary N) is 1. The molecule has 0 aromatic heterocycles. The van der Waals surface area contributed by atoms with Gasteiger partial charge in [-0.2, -0.15) is 0 Å². The molecule has 2 aromatic carbocycles. The van der Waals surface area contributed by atoms with Gasteiger partial charge in [-0.15, -0.1) is 0 Å². The highest BCUT2D eigenvalue weighted by molar-refractivity contribution is 5.68. The van der Waals surface area contributed by atoms with Crippen LogP contribution in [0.5, 0.6) is 11.5 Å². The summed E-state index contributed by atoms with van der Waals surface area (Å²) in [6, 6.07) is 17.5. The standard InChI is InChI=1S/C20H27NO2.C3H6O3/c1-15(13-17-9-5-7-11-19(17)22-3)21-16(2)14-18-10-6-8-12-20(18)23-4;1-2(4)3(5)6/h5-12,15-16,21H,13-14H2,1-4H3;2,4H,1H3,(H,5,6). The van der Waals surface area contributed by atoms with Gasteiger partial charge >= 0.3 is 0 Å². The van der Waals surface area contributed by atoms with E-state index < -0.39 is 12.1 Å². The molecular formula is C23H33NO5. The minimum atomic E-state index is -1.44. The summed E-state index contributed by atoms with van der Waals surface area (Å²) in [5.74, 6) is 0.519. The molecule has 0 spiro atoms. The van der Waals surface area contributed by atoms with Gasteiger partial charge in [-0.1, -0.05) is 36.4 Å². The van der Waals surface area contributed by atoms with Gasteiger partial charge in [0.2, 0.25) is 0 Å². The van der Waals surface area contributed by atoms with Gasteiger partial charge in [0.25, 0.3) is 0 Å². The van der Waals surface area contributed by atoms with Crippen molar-refractivity contribution in [3.05, 3.63) is 59.7 Å². The zero-order chi connectivity index (χ0) is 21.8. The Labute approximate surface area is 173 Å². The highest BCUT2D eigenvalue weighted by Crippen LogP contribution is 2.19. The highest BCUT2D eigenvalue weighted by Gasteiger charge is 2.16. The molecule has 0 radical (unpaired) electrons. The molecule has 29 heavy (non-hydrogen) atoms. The maximum absolute atomic E-state index is 9.34. The number of carbonyl (C=O) groups excluding carboxylic acids is 1. The van der Waals surface area contributed by atoms with Gasteiger partial charge in [0.15, 0.2) is 0 Å². The second-order valence-corrected chi connectivity index (χ2v) is 7.17. The van der Waals surface area contributed by atoms with E-state index in [0.29, 0.717) is 12.1 Å². The molecule has 0 fully saturated rings. The fourth-order valence-electron chi connectivity index (χ4n) is 3.13. The number of benzene rings is 2. The average molecular weight is 404 g/mol. The second-order valence-electron chi connectivity index (χ2n) is 7.17. The third kappa shape index (κ3) is 8.98. The molecule has 6 heteroatoms. The Morgan fingerprint density at radius 2 is 1.24 bits per heavy atom. The molecule has 0 aliphatic heterocycles. The summed E-state index contributed by atoms with van der Waals surface area (Å²) in [7, 11) is 3.47. The second kappa shape index (κ2) is 12.8. The van der Waals surface area contributed by atoms with E-state index in [9.17, 15) is 9.90 Å². The minimum Gasteiger partial charge on any atom is -0.547 e. The lowest BCUT2D eigenvalue weighted by molar-refractivity contribution is -0.715. The first kappa shape index (κ1) is 24.5. The zero-order valence-electron chi connectivity index (χ0n) is 17.9. The van der Waals surface area contributed by atoms with Gasteiger partial charge in [-0.25, -0.2) is 0 Å². The van der Waals surface area contributed by atoms with Crippen molar-refractivity contribution in [3.8, 4) is 11.5 Å². The van der Waals surface area contributed by atoms with Crippen molar-refractivity contribution in [3.63, 3.8) is 0 Å². The smallest absolute Gasteiger partial charge is 0.122 e. The summed E-state index contributed by atoms with van der Waals surface area (Å²) < 4.78 is 10.9. The molecule has 3 N–H and O–H groups in total. The number of carboxylic acid groups (broad SMARTS) is 1. The van der Waals surface area contributed by atoms with Crippen LogP contribution >= 0.6 is 0 Å². The number of aliphatic hydroxyl groups is 1. The summed E-state index contributed by atoms with van der Waals surface area (Å²) in [5, 5.41) is 19.7. The topological polar surface area (TPSA) is 95.4 Å². The summed E-state index contributed by atoms with van der Waals surface area (Å²) in [6.45, 7) is 5.67. The molecular weight excluding hydrogens is 370 g/mol. The monoisotopic (exact) mass is 403 g/mol. The Morgan fingerprint density at radius 3 is 1.55 bits per heavy atom. The van der Waals surface area contributed by atoms with Gasteiger partial charge < -0.3 is 29.8 Å². The Hall–Kier alpha value is -2.57. The molecule has 0 bridgehead atoms. The van der Waals surface area contributed by atoms with Crippen molar-refractivity contribution < 1.29 is 29.8 Å². The van der Waals surface area contributed by atoms with Crippen molar-refractivity contribution in [2.45, 2.75) is 51.8 Å². The van der Waals surface area contributed by atoms with E-state index >= 15 is 0 Å². The molecule has 6 nitrogen and oxygen atoms in total. The van der Waals surface area contributed by atoms with E-state index in [-0.39, 0.29) is 0 Å². The number of carboxylic acids is 1. The van der Waals surface area contributed by atoms with Crippen LogP contribution in [0.3, 0.4) is 0 Å². The molecule has 160 valence electrons. The molecule has 3 unspecified atom stereocenters. The number of methoxy groups -OCH3 is 2. The van der Waals surface area contributed by atoms with Crippen LogP contribution in [-0.4, -0.2) is 43.5 Å². The van der Waals surface area contributed by atoms with Gasteiger partial charge in [-0.05, 0) is 44.0 Å². The Bertz CT molecular complexity index is 694. The van der Waals surface area contributed by atoms with Crippen molar-refractivity contribution in [1.82, 2.24) is 0 Å². The van der Waals surface area contributed by atoms with Crippen molar-refractivity contribution in [1.29, 1.82) is 0 Å². The van der Waals surface area contributed by atoms with Crippen LogP contribution in [0.25, 0.3) is 0 Å². The van der Waals surface area contributed by atoms with Crippen LogP contribution in [-0.2, 0) is 17.6 Å². The number of para-hydroxylation sites is 2. The Balaban J connectivity index is 0.000000612. The predicted octanol–water partition coefficient (Wildman–Crippen LogP) is 0.947. The summed E-state index contributed by atoms with van der Waals surface area (Å²) in [4.78, 5) is 9.34. The highest BCUT2D eigenvalue weighted by atomic mass is 16.5. The minimum absolute atomic E-state index is 0.496. The van der Waals surface area contributed by atoms with Crippen LogP contribution in [0.15, 0.2) is 48.5 Å². The molecule has 0 aliphatic carbocycles. The Kier molecular flexibility index (Phi) is 10.8. The van der Waals surface area contributed by atoms with Crippen molar-refractivity contribution >= 4 is 5.97 Å². The fourth-order valence-corrected chi connectivity index (χ4v) is 3.13. The normalized spacial score (nSPS) is 13.4. The van der Waals surface area contributed by atoms with Gasteiger partial charge in [0, 0.05) is 12.8 Å². The summed E-state index contributed by atoms with van der Waals surface area (Å²) in [6.07, 6.45) is 0.658. The molecule has 3 atom stereocenters. The first-order valence-corrected chi connectivity index (χ1v) is 9.76. The van der Waals surface area contributed by atoms with Crippen LogP contribution in [0.2, 0.25) is 0 Å². The third-order valence-electron chi connectivity index (χ3n) is 4.47. The number of quaternary nitrogens is 1. The number of rotatable bonds is 9. The lowest BCUT2D eigenvalue weighted by atomic mass is 10.0. The number of aliphatic hydroxyl groups excluding tert-OH is 1. The molecule has 2 rings (SSSR count). The number of aliphatic carboxylic acids is 1. The lowest BCUT2D eigenvalue weighted by Gasteiger charge is -2.19. The molecule has 0 saturated heterocycles. The van der Waals surface area contributed by atoms with Crippen LogP contribution in [0.1, 0.15) is 31.9 Å². The van der Waals surface area contributed by atoms with Crippen LogP contribution < -0.4 is 19.9 Å². The quantitative estimate of drug-likeness (QED) is 0.650. The maximum atomic E-state index is 9.34. The molecule has 0 saturated carbocycles. The van der Waals surface area contributed by atoms with Gasteiger partial charge in [-0.3, -0.25) is 0 Å². The number of ether oxygens (including phenoxy) is 2. The largest absolute Gasteiger partial charge is 0.547 e. The van der Waals surface area contributed by atoms with Crippen LogP contribution in [0, 0.1) is 0 Å². The molecule has 0 amide bonds. The summed E-state index contributed by atoms with van der Waals surface area (Å²) >= 11 is 0. The first-order valence-electron chi connectivity index (χ1n) is 9.76. The lowest BCUT2D eigenvalue weighted by Crippen LogP contribution is -2.94. The fraction of sp³-hybridized carbons (Fsp3) is 0.435. The van der Waals surface area contributed by atoms with E-state index in [1.54, 1.807) is 14.2 Å². The molecule has 2 aromatic rings.